The first-order valence-corrected chi connectivity index (χ1v) is 10.6. The molecule has 10 N–H and O–H groups in total. The zero-order valence-corrected chi connectivity index (χ0v) is 19.0. The first-order valence-electron chi connectivity index (χ1n) is 10.0. The topological polar surface area (TPSA) is 268 Å². The van der Waals surface area contributed by atoms with Crippen molar-refractivity contribution in [2.24, 2.45) is 11.5 Å². The van der Waals surface area contributed by atoms with Gasteiger partial charge in [-0.05, 0) is 19.3 Å². The van der Waals surface area contributed by atoms with E-state index in [9.17, 15) is 33.6 Å². The van der Waals surface area contributed by atoms with E-state index in [4.69, 9.17) is 26.8 Å². The summed E-state index contributed by atoms with van der Waals surface area (Å²) >= 11 is 3.86. The number of amides is 4. The maximum absolute atomic E-state index is 12.7. The number of thiol groups is 1. The molecule has 0 saturated carbocycles. The highest BCUT2D eigenvalue weighted by molar-refractivity contribution is 7.80. The Morgan fingerprint density at radius 1 is 0.647 bits per heavy atom. The lowest BCUT2D eigenvalue weighted by atomic mass is 10.1. The lowest BCUT2D eigenvalue weighted by molar-refractivity contribution is -0.140. The van der Waals surface area contributed by atoms with Gasteiger partial charge in [0.25, 0.3) is 0 Å². The number of rotatable bonds is 17. The molecule has 4 amide bonds. The van der Waals surface area contributed by atoms with Gasteiger partial charge < -0.3 is 42.7 Å². The van der Waals surface area contributed by atoms with Gasteiger partial charge in [0.1, 0.15) is 18.1 Å². The molecule has 0 aliphatic carbocycles. The van der Waals surface area contributed by atoms with Crippen LogP contribution in [0.5, 0.6) is 0 Å². The summed E-state index contributed by atoms with van der Waals surface area (Å²) in [5.74, 6) is -7.80. The molecule has 0 saturated heterocycles. The van der Waals surface area contributed by atoms with Gasteiger partial charge in [-0.2, -0.15) is 12.6 Å². The quantitative estimate of drug-likeness (QED) is 0.0883. The van der Waals surface area contributed by atoms with E-state index in [1.54, 1.807) is 0 Å². The number of hydrogen-bond acceptors (Lipinski definition) is 9. The van der Waals surface area contributed by atoms with Crippen LogP contribution in [0.25, 0.3) is 0 Å². The van der Waals surface area contributed by atoms with E-state index in [-0.39, 0.29) is 18.6 Å². The predicted molar refractivity (Wildman–Crippen MR) is 117 cm³/mol. The van der Waals surface area contributed by atoms with Crippen LogP contribution in [0.4, 0.5) is 0 Å². The normalized spacial score (nSPS) is 14.1. The molecule has 0 fully saturated rings. The van der Waals surface area contributed by atoms with E-state index >= 15 is 0 Å². The van der Waals surface area contributed by atoms with E-state index < -0.39 is 91.4 Å². The summed E-state index contributed by atoms with van der Waals surface area (Å²) in [4.78, 5) is 81.5. The zero-order valence-electron chi connectivity index (χ0n) is 18.1. The Morgan fingerprint density at radius 2 is 0.971 bits per heavy atom. The van der Waals surface area contributed by atoms with Gasteiger partial charge in [0.2, 0.25) is 23.6 Å². The summed E-state index contributed by atoms with van der Waals surface area (Å²) in [6, 6.07) is -5.49. The third-order valence-electron chi connectivity index (χ3n) is 4.40. The van der Waals surface area contributed by atoms with E-state index in [0.717, 1.165) is 0 Å². The van der Waals surface area contributed by atoms with E-state index in [1.165, 1.54) is 0 Å². The van der Waals surface area contributed by atoms with Crippen LogP contribution in [0.1, 0.15) is 38.5 Å². The van der Waals surface area contributed by atoms with Crippen molar-refractivity contribution >= 4 is 54.2 Å². The van der Waals surface area contributed by atoms with Crippen LogP contribution < -0.4 is 27.4 Å². The van der Waals surface area contributed by atoms with Crippen molar-refractivity contribution in [2.75, 3.05) is 5.75 Å². The minimum absolute atomic E-state index is 0.0758. The molecule has 0 aromatic rings. The molecule has 0 heterocycles. The molecule has 192 valence electrons. The Labute approximate surface area is 199 Å². The third kappa shape index (κ3) is 12.6. The molecule has 0 aromatic carbocycles. The highest BCUT2D eigenvalue weighted by atomic mass is 32.1. The van der Waals surface area contributed by atoms with Crippen molar-refractivity contribution in [3.8, 4) is 0 Å². The van der Waals surface area contributed by atoms with Crippen LogP contribution in [0.3, 0.4) is 0 Å². The van der Waals surface area contributed by atoms with Crippen molar-refractivity contribution < 1.29 is 48.9 Å². The molecule has 0 aliphatic heterocycles. The minimum Gasteiger partial charge on any atom is -0.481 e. The molecule has 15 nitrogen and oxygen atoms in total. The van der Waals surface area contributed by atoms with Crippen molar-refractivity contribution in [1.29, 1.82) is 0 Å². The molecular weight excluding hydrogens is 478 g/mol. The number of carboxylic acid groups (broad SMARTS) is 3. The van der Waals surface area contributed by atoms with Crippen LogP contribution >= 0.6 is 12.6 Å². The smallest absolute Gasteiger partial charge is 0.303 e. The molecule has 4 atom stereocenters. The molecule has 34 heavy (non-hydrogen) atoms. The molecular formula is C18H29N5O10S. The number of aliphatic carboxylic acids is 3. The standard InChI is InChI=1S/C18H29N5O10S/c19-8(7-34)16(31)22-10(2-5-13(26)27)18(33)23-11(3-6-14(28)29)17(32)21-9(15(20)30)1-4-12(24)25/h8-11,34H,1-7,19H2,(H2,20,30)(H,21,32)(H,22,31)(H,23,33)(H,24,25)(H,26,27)(H,28,29)/t8-,9-,10-,11-/m0/s1. The first kappa shape index (κ1) is 30.6. The average Bonchev–Trinajstić information content (AvgIpc) is 2.74. The van der Waals surface area contributed by atoms with Crippen molar-refractivity contribution in [3.63, 3.8) is 0 Å². The van der Waals surface area contributed by atoms with Gasteiger partial charge in [-0.3, -0.25) is 33.6 Å². The summed E-state index contributed by atoms with van der Waals surface area (Å²) in [6.07, 6.45) is -2.77. The highest BCUT2D eigenvalue weighted by Crippen LogP contribution is 2.05. The van der Waals surface area contributed by atoms with Gasteiger partial charge in [-0.1, -0.05) is 0 Å². The molecule has 0 unspecified atom stereocenters. The predicted octanol–water partition coefficient (Wildman–Crippen LogP) is -3.22. The van der Waals surface area contributed by atoms with E-state index in [1.807, 2.05) is 0 Å². The molecule has 0 bridgehead atoms. The SMILES string of the molecule is NC(=O)[C@H](CCC(=O)O)NC(=O)[C@H](CCC(=O)O)NC(=O)[C@H](CCC(=O)O)NC(=O)[C@@H](N)CS. The Hall–Kier alpha value is -3.40. The van der Waals surface area contributed by atoms with Crippen LogP contribution in [0, 0.1) is 0 Å². The molecule has 0 rings (SSSR count). The Bertz CT molecular complexity index is 793. The second-order valence-electron chi connectivity index (χ2n) is 7.17. The van der Waals surface area contributed by atoms with E-state index in [2.05, 4.69) is 28.6 Å². The first-order chi connectivity index (χ1) is 15.8. The van der Waals surface area contributed by atoms with E-state index in [0.29, 0.717) is 0 Å². The van der Waals surface area contributed by atoms with Crippen LogP contribution in [0.15, 0.2) is 0 Å². The molecule has 0 radical (unpaired) electrons. The van der Waals surface area contributed by atoms with Gasteiger partial charge in [-0.25, -0.2) is 0 Å². The summed E-state index contributed by atoms with van der Waals surface area (Å²) in [7, 11) is 0. The third-order valence-corrected chi connectivity index (χ3v) is 4.79. The van der Waals surface area contributed by atoms with Gasteiger partial charge in [0, 0.05) is 25.0 Å². The number of hydrogen-bond donors (Lipinski definition) is 9. The van der Waals surface area contributed by atoms with Gasteiger partial charge in [-0.15, -0.1) is 0 Å². The van der Waals surface area contributed by atoms with Gasteiger partial charge in [0.15, 0.2) is 0 Å². The second-order valence-corrected chi connectivity index (χ2v) is 7.54. The Morgan fingerprint density at radius 3 is 1.29 bits per heavy atom. The number of carboxylic acids is 3. The lowest BCUT2D eigenvalue weighted by Gasteiger charge is -2.25. The average molecular weight is 508 g/mol. The number of carbonyl (C=O) groups is 7. The zero-order chi connectivity index (χ0) is 26.4. The van der Waals surface area contributed by atoms with Crippen LogP contribution in [0.2, 0.25) is 0 Å². The summed E-state index contributed by atoms with van der Waals surface area (Å²) in [5.41, 5.74) is 10.7. The number of nitrogens with one attached hydrogen (secondary N) is 3. The number of nitrogens with two attached hydrogens (primary N) is 2. The fourth-order valence-electron chi connectivity index (χ4n) is 2.53. The van der Waals surface area contributed by atoms with Crippen LogP contribution in [-0.2, 0) is 33.6 Å². The maximum Gasteiger partial charge on any atom is 0.303 e. The largest absolute Gasteiger partial charge is 0.481 e. The van der Waals surface area contributed by atoms with Crippen LogP contribution in [-0.4, -0.2) is 86.8 Å². The van der Waals surface area contributed by atoms with Crippen molar-refractivity contribution in [3.05, 3.63) is 0 Å². The van der Waals surface area contributed by atoms with Crippen molar-refractivity contribution in [2.45, 2.75) is 62.7 Å². The van der Waals surface area contributed by atoms with Gasteiger partial charge in [0.05, 0.1) is 6.04 Å². The maximum atomic E-state index is 12.7. The lowest BCUT2D eigenvalue weighted by Crippen LogP contribution is -2.57. The minimum atomic E-state index is -1.53. The summed E-state index contributed by atoms with van der Waals surface area (Å²) < 4.78 is 0. The van der Waals surface area contributed by atoms with Crippen molar-refractivity contribution in [1.82, 2.24) is 16.0 Å². The fourth-order valence-corrected chi connectivity index (χ4v) is 2.70. The molecule has 0 spiro atoms. The molecule has 0 aromatic heterocycles. The second kappa shape index (κ2) is 15.4. The summed E-state index contributed by atoms with van der Waals surface area (Å²) in [5, 5.41) is 33.2. The Balaban J connectivity index is 5.59. The number of primary amides is 1. The fraction of sp³-hybridized carbons (Fsp3) is 0.611. The molecule has 16 heteroatoms. The monoisotopic (exact) mass is 507 g/mol. The van der Waals surface area contributed by atoms with Gasteiger partial charge >= 0.3 is 17.9 Å². The highest BCUT2D eigenvalue weighted by Gasteiger charge is 2.30. The Kier molecular flexibility index (Phi) is 13.9. The number of carbonyl (C=O) groups excluding carboxylic acids is 4. The summed E-state index contributed by atoms with van der Waals surface area (Å²) in [6.45, 7) is 0. The molecule has 0 aliphatic rings.